The highest BCUT2D eigenvalue weighted by atomic mass is 35.5. The maximum Gasteiger partial charge on any atom is 0.0592 e. The van der Waals surface area contributed by atoms with Gasteiger partial charge in [-0.25, -0.2) is 0 Å². The van der Waals surface area contributed by atoms with Crippen molar-refractivity contribution in [2.45, 2.75) is 31.2 Å². The molecule has 0 aromatic heterocycles. The number of para-hydroxylation sites is 1. The number of benzene rings is 1. The number of alkyl halides is 1. The normalized spacial score (nSPS) is 19.9. The van der Waals surface area contributed by atoms with Gasteiger partial charge < -0.3 is 10.1 Å². The second kappa shape index (κ2) is 6.12. The minimum atomic E-state index is 0.454. The van der Waals surface area contributed by atoms with Crippen molar-refractivity contribution in [1.29, 1.82) is 0 Å². The van der Waals surface area contributed by atoms with Gasteiger partial charge in [-0.05, 0) is 30.9 Å². The smallest absolute Gasteiger partial charge is 0.0592 e. The highest BCUT2D eigenvalue weighted by Crippen LogP contribution is 2.19. The van der Waals surface area contributed by atoms with E-state index < -0.39 is 0 Å². The minimum absolute atomic E-state index is 0.454. The lowest BCUT2D eigenvalue weighted by Crippen LogP contribution is -2.13. The second-order valence-corrected chi connectivity index (χ2v) is 4.41. The molecule has 1 heterocycles. The van der Waals surface area contributed by atoms with Gasteiger partial charge in [0.15, 0.2) is 0 Å². The summed E-state index contributed by atoms with van der Waals surface area (Å²) >= 11 is 5.87. The lowest BCUT2D eigenvalue weighted by Gasteiger charge is -2.13. The molecule has 1 aromatic rings. The van der Waals surface area contributed by atoms with Crippen LogP contribution in [0.3, 0.4) is 0 Å². The summed E-state index contributed by atoms with van der Waals surface area (Å²) in [5.74, 6) is 0.559. The van der Waals surface area contributed by atoms with Crippen LogP contribution in [0.15, 0.2) is 24.3 Å². The number of hydrogen-bond acceptors (Lipinski definition) is 2. The molecule has 0 spiro atoms. The predicted molar refractivity (Wildman–Crippen MR) is 68.1 cm³/mol. The van der Waals surface area contributed by atoms with Crippen molar-refractivity contribution in [3.8, 4) is 0 Å². The summed E-state index contributed by atoms with van der Waals surface area (Å²) in [5.41, 5.74) is 2.31. The zero-order valence-corrected chi connectivity index (χ0v) is 10.2. The number of nitrogens with one attached hydrogen (secondary N) is 1. The van der Waals surface area contributed by atoms with Gasteiger partial charge in [-0.2, -0.15) is 0 Å². The van der Waals surface area contributed by atoms with Gasteiger partial charge in [0, 0.05) is 24.7 Å². The molecule has 0 amide bonds. The quantitative estimate of drug-likeness (QED) is 0.796. The molecule has 0 saturated carbocycles. The van der Waals surface area contributed by atoms with Crippen molar-refractivity contribution in [3.63, 3.8) is 0 Å². The average Bonchev–Trinajstić information content (AvgIpc) is 2.83. The van der Waals surface area contributed by atoms with Gasteiger partial charge in [0.05, 0.1) is 6.10 Å². The van der Waals surface area contributed by atoms with E-state index in [9.17, 15) is 0 Å². The molecule has 1 aliphatic rings. The van der Waals surface area contributed by atoms with Gasteiger partial charge >= 0.3 is 0 Å². The number of hydrogen-bond donors (Lipinski definition) is 1. The number of rotatable bonds is 5. The van der Waals surface area contributed by atoms with Crippen LogP contribution in [-0.4, -0.2) is 19.3 Å². The van der Waals surface area contributed by atoms with Crippen LogP contribution in [0.25, 0.3) is 0 Å². The molecule has 2 rings (SSSR count). The summed E-state index contributed by atoms with van der Waals surface area (Å²) in [4.78, 5) is 0. The Bertz CT molecular complexity index is 323. The summed E-state index contributed by atoms with van der Waals surface area (Å²) in [6, 6.07) is 8.18. The largest absolute Gasteiger partial charge is 0.385 e. The standard InChI is InChI=1S/C13H18ClNO/c14-10-11-4-1-2-6-13(11)15-8-7-12-5-3-9-16-12/h1-2,4,6,12,15H,3,5,7-10H2. The molecule has 1 saturated heterocycles. The highest BCUT2D eigenvalue weighted by molar-refractivity contribution is 6.17. The molecular weight excluding hydrogens is 222 g/mol. The first-order valence-electron chi connectivity index (χ1n) is 5.89. The van der Waals surface area contributed by atoms with Crippen LogP contribution in [0.1, 0.15) is 24.8 Å². The third-order valence-corrected chi connectivity index (χ3v) is 3.26. The fourth-order valence-corrected chi connectivity index (χ4v) is 2.28. The second-order valence-electron chi connectivity index (χ2n) is 4.14. The Morgan fingerprint density at radius 2 is 2.25 bits per heavy atom. The van der Waals surface area contributed by atoms with Gasteiger partial charge in [0.2, 0.25) is 0 Å². The van der Waals surface area contributed by atoms with E-state index in [2.05, 4.69) is 17.4 Å². The van der Waals surface area contributed by atoms with E-state index in [0.717, 1.165) is 30.8 Å². The fraction of sp³-hybridized carbons (Fsp3) is 0.538. The molecule has 3 heteroatoms. The molecule has 0 aliphatic carbocycles. The zero-order chi connectivity index (χ0) is 11.2. The van der Waals surface area contributed by atoms with Crippen LogP contribution < -0.4 is 5.32 Å². The lowest BCUT2D eigenvalue weighted by molar-refractivity contribution is 0.107. The Labute approximate surface area is 102 Å². The summed E-state index contributed by atoms with van der Waals surface area (Å²) < 4.78 is 5.58. The van der Waals surface area contributed by atoms with E-state index in [4.69, 9.17) is 16.3 Å². The third-order valence-electron chi connectivity index (χ3n) is 2.97. The molecule has 16 heavy (non-hydrogen) atoms. The first-order chi connectivity index (χ1) is 7.90. The van der Waals surface area contributed by atoms with Crippen molar-refractivity contribution in [2.75, 3.05) is 18.5 Å². The molecule has 0 bridgehead atoms. The van der Waals surface area contributed by atoms with E-state index in [1.54, 1.807) is 0 Å². The molecular formula is C13H18ClNO. The molecule has 1 fully saturated rings. The van der Waals surface area contributed by atoms with Crippen LogP contribution in [-0.2, 0) is 10.6 Å². The number of ether oxygens (including phenoxy) is 1. The fourth-order valence-electron chi connectivity index (χ4n) is 2.05. The summed E-state index contributed by atoms with van der Waals surface area (Å²) in [7, 11) is 0. The Hall–Kier alpha value is -0.730. The first-order valence-corrected chi connectivity index (χ1v) is 6.43. The monoisotopic (exact) mass is 239 g/mol. The van der Waals surface area contributed by atoms with Crippen molar-refractivity contribution in [2.24, 2.45) is 0 Å². The average molecular weight is 240 g/mol. The maximum atomic E-state index is 5.87. The van der Waals surface area contributed by atoms with Crippen molar-refractivity contribution >= 4 is 17.3 Å². The molecule has 1 unspecified atom stereocenters. The van der Waals surface area contributed by atoms with E-state index in [-0.39, 0.29) is 0 Å². The molecule has 1 aromatic carbocycles. The maximum absolute atomic E-state index is 5.87. The van der Waals surface area contributed by atoms with Crippen LogP contribution in [0.5, 0.6) is 0 Å². The summed E-state index contributed by atoms with van der Waals surface area (Å²) in [6.07, 6.45) is 3.95. The Morgan fingerprint density at radius 3 is 3.00 bits per heavy atom. The summed E-state index contributed by atoms with van der Waals surface area (Å²) in [6.45, 7) is 1.89. The van der Waals surface area contributed by atoms with E-state index in [0.29, 0.717) is 12.0 Å². The van der Waals surface area contributed by atoms with Crippen molar-refractivity contribution in [3.05, 3.63) is 29.8 Å². The molecule has 1 N–H and O–H groups in total. The topological polar surface area (TPSA) is 21.3 Å². The van der Waals surface area contributed by atoms with Gasteiger partial charge in [-0.1, -0.05) is 18.2 Å². The summed E-state index contributed by atoms with van der Waals surface area (Å²) in [5, 5.41) is 3.43. The van der Waals surface area contributed by atoms with Gasteiger partial charge in [0.1, 0.15) is 0 Å². The molecule has 1 aliphatic heterocycles. The minimum Gasteiger partial charge on any atom is -0.385 e. The van der Waals surface area contributed by atoms with Crippen LogP contribution in [0.2, 0.25) is 0 Å². The predicted octanol–water partition coefficient (Wildman–Crippen LogP) is 3.41. The van der Waals surface area contributed by atoms with Gasteiger partial charge in [-0.3, -0.25) is 0 Å². The van der Waals surface area contributed by atoms with Crippen molar-refractivity contribution < 1.29 is 4.74 Å². The molecule has 88 valence electrons. The van der Waals surface area contributed by atoms with Crippen LogP contribution in [0, 0.1) is 0 Å². The van der Waals surface area contributed by atoms with Crippen LogP contribution in [0.4, 0.5) is 5.69 Å². The number of anilines is 1. The Morgan fingerprint density at radius 1 is 1.38 bits per heavy atom. The molecule has 0 radical (unpaired) electrons. The Kier molecular flexibility index (Phi) is 4.49. The van der Waals surface area contributed by atoms with E-state index in [1.165, 1.54) is 12.8 Å². The third kappa shape index (κ3) is 3.13. The Balaban J connectivity index is 1.79. The number of halogens is 1. The molecule has 2 nitrogen and oxygen atoms in total. The molecule has 1 atom stereocenters. The lowest BCUT2D eigenvalue weighted by atomic mass is 10.1. The van der Waals surface area contributed by atoms with E-state index >= 15 is 0 Å². The van der Waals surface area contributed by atoms with Gasteiger partial charge in [-0.15, -0.1) is 11.6 Å². The first kappa shape index (κ1) is 11.7. The SMILES string of the molecule is ClCc1ccccc1NCCC1CCCO1. The van der Waals surface area contributed by atoms with E-state index in [1.807, 2.05) is 12.1 Å². The van der Waals surface area contributed by atoms with Crippen molar-refractivity contribution in [1.82, 2.24) is 0 Å². The highest BCUT2D eigenvalue weighted by Gasteiger charge is 2.14. The van der Waals surface area contributed by atoms with Gasteiger partial charge in [0.25, 0.3) is 0 Å². The van der Waals surface area contributed by atoms with Crippen LogP contribution >= 0.6 is 11.6 Å². The zero-order valence-electron chi connectivity index (χ0n) is 9.42.